The molecule has 2 heterocycles. The fourth-order valence-electron chi connectivity index (χ4n) is 2.50. The zero-order valence-electron chi connectivity index (χ0n) is 13.8. The molecule has 0 radical (unpaired) electrons. The van der Waals surface area contributed by atoms with Gasteiger partial charge in [-0.05, 0) is 37.6 Å². The zero-order valence-corrected chi connectivity index (χ0v) is 13.8. The van der Waals surface area contributed by atoms with Crippen LogP contribution in [0, 0.1) is 5.82 Å². The van der Waals surface area contributed by atoms with Crippen molar-refractivity contribution in [3.63, 3.8) is 0 Å². The first kappa shape index (κ1) is 18.4. The Balaban J connectivity index is 2.78. The van der Waals surface area contributed by atoms with Gasteiger partial charge in [0.1, 0.15) is 11.6 Å². The van der Waals surface area contributed by atoms with Crippen molar-refractivity contribution in [3.8, 4) is 5.75 Å². The van der Waals surface area contributed by atoms with Gasteiger partial charge in [-0.15, -0.1) is 0 Å². The molecule has 0 atom stereocenters. The first-order valence-electron chi connectivity index (χ1n) is 7.50. The molecule has 0 aliphatic carbocycles. The van der Waals surface area contributed by atoms with Crippen LogP contribution in [0.1, 0.15) is 29.8 Å². The lowest BCUT2D eigenvalue weighted by atomic mass is 10.0. The second-order valence-corrected chi connectivity index (χ2v) is 5.40. The van der Waals surface area contributed by atoms with Crippen LogP contribution in [0.15, 0.2) is 47.2 Å². The zero-order chi connectivity index (χ0) is 18.7. The van der Waals surface area contributed by atoms with Crippen LogP contribution < -0.4 is 5.56 Å². The number of aromatic nitrogens is 1. The number of pyridine rings is 2. The van der Waals surface area contributed by atoms with Crippen molar-refractivity contribution in [1.82, 2.24) is 4.40 Å². The highest BCUT2D eigenvalue weighted by Gasteiger charge is 2.24. The Morgan fingerprint density at radius 1 is 1.44 bits per heavy atom. The number of ether oxygens (including phenoxy) is 1. The Hall–Kier alpha value is -2.96. The molecule has 0 spiro atoms. The maximum atomic E-state index is 13.5. The Kier molecular flexibility index (Phi) is 5.36. The number of carbonyl (C=O) groups is 1. The van der Waals surface area contributed by atoms with E-state index in [1.54, 1.807) is 6.92 Å². The summed E-state index contributed by atoms with van der Waals surface area (Å²) >= 11 is 0. The molecular formula is C18H17F2NO4. The molecule has 0 unspecified atom stereocenters. The molecule has 25 heavy (non-hydrogen) atoms. The van der Waals surface area contributed by atoms with E-state index in [1.165, 1.54) is 13.0 Å². The van der Waals surface area contributed by atoms with Crippen LogP contribution >= 0.6 is 0 Å². The molecule has 0 bridgehead atoms. The topological polar surface area (TPSA) is 68.0 Å². The standard InChI is InChI=1S/C18H17F2NO4/c1-4-25-18(24)15-16(22)13(8-10(2)7-11(3)19)14-6-5-12(20)9-21(14)17(15)23/h5-7,9,22H,2,4,8H2,1,3H3/b11-7+. The summed E-state index contributed by atoms with van der Waals surface area (Å²) in [5.41, 5.74) is -0.881. The number of allylic oxidation sites excluding steroid dienone is 3. The van der Waals surface area contributed by atoms with E-state index in [9.17, 15) is 23.5 Å². The number of esters is 1. The van der Waals surface area contributed by atoms with Crippen molar-refractivity contribution in [2.45, 2.75) is 20.3 Å². The third kappa shape index (κ3) is 3.76. The van der Waals surface area contributed by atoms with Gasteiger partial charge in [0.15, 0.2) is 5.56 Å². The molecule has 2 rings (SSSR count). The quantitative estimate of drug-likeness (QED) is 0.664. The van der Waals surface area contributed by atoms with Crippen molar-refractivity contribution in [2.24, 2.45) is 0 Å². The van der Waals surface area contributed by atoms with E-state index in [0.717, 1.165) is 22.7 Å². The number of carbonyl (C=O) groups excluding carboxylic acids is 1. The molecule has 0 aliphatic rings. The van der Waals surface area contributed by atoms with Crippen LogP contribution in [-0.2, 0) is 11.2 Å². The molecule has 7 heteroatoms. The molecule has 1 N–H and O–H groups in total. The maximum absolute atomic E-state index is 13.5. The molecule has 2 aromatic heterocycles. The molecular weight excluding hydrogens is 332 g/mol. The van der Waals surface area contributed by atoms with Gasteiger partial charge in [0, 0.05) is 18.2 Å². The first-order chi connectivity index (χ1) is 11.8. The van der Waals surface area contributed by atoms with Crippen LogP contribution in [0.5, 0.6) is 5.75 Å². The first-order valence-corrected chi connectivity index (χ1v) is 7.50. The summed E-state index contributed by atoms with van der Waals surface area (Å²) in [6.07, 6.45) is 2.02. The van der Waals surface area contributed by atoms with Crippen LogP contribution in [0.3, 0.4) is 0 Å². The van der Waals surface area contributed by atoms with Crippen molar-refractivity contribution in [2.75, 3.05) is 6.61 Å². The van der Waals surface area contributed by atoms with Crippen molar-refractivity contribution in [3.05, 3.63) is 69.7 Å². The van der Waals surface area contributed by atoms with Crippen LogP contribution in [0.4, 0.5) is 8.78 Å². The van der Waals surface area contributed by atoms with Crippen molar-refractivity contribution >= 4 is 11.5 Å². The maximum Gasteiger partial charge on any atom is 0.347 e. The van der Waals surface area contributed by atoms with Gasteiger partial charge in [-0.1, -0.05) is 6.58 Å². The number of fused-ring (bicyclic) bond motifs is 1. The number of hydrogen-bond acceptors (Lipinski definition) is 4. The lowest BCUT2D eigenvalue weighted by molar-refractivity contribution is 0.0520. The number of hydrogen-bond donors (Lipinski definition) is 1. The summed E-state index contributed by atoms with van der Waals surface area (Å²) in [5, 5.41) is 10.5. The van der Waals surface area contributed by atoms with E-state index in [2.05, 4.69) is 6.58 Å². The molecule has 0 aliphatic heterocycles. The molecule has 0 amide bonds. The fraction of sp³-hybridized carbons (Fsp3) is 0.222. The molecule has 0 fully saturated rings. The third-order valence-electron chi connectivity index (χ3n) is 3.46. The predicted octanol–water partition coefficient (Wildman–Crippen LogP) is 3.29. The summed E-state index contributed by atoms with van der Waals surface area (Å²) in [5.74, 6) is -2.79. The Morgan fingerprint density at radius 2 is 2.12 bits per heavy atom. The number of nitrogens with zero attached hydrogens (tertiary/aromatic N) is 1. The molecule has 2 aromatic rings. The Bertz CT molecular complexity index is 940. The van der Waals surface area contributed by atoms with E-state index < -0.39 is 34.5 Å². The molecule has 132 valence electrons. The molecule has 0 saturated heterocycles. The highest BCUT2D eigenvalue weighted by molar-refractivity contribution is 5.93. The lowest BCUT2D eigenvalue weighted by Gasteiger charge is -2.14. The molecule has 0 aromatic carbocycles. The van der Waals surface area contributed by atoms with Crippen LogP contribution in [0.25, 0.3) is 5.52 Å². The average molecular weight is 349 g/mol. The summed E-state index contributed by atoms with van der Waals surface area (Å²) in [4.78, 5) is 24.5. The number of halogens is 2. The highest BCUT2D eigenvalue weighted by atomic mass is 19.1. The smallest absolute Gasteiger partial charge is 0.347 e. The third-order valence-corrected chi connectivity index (χ3v) is 3.46. The van der Waals surface area contributed by atoms with Gasteiger partial charge in [-0.2, -0.15) is 0 Å². The Labute approximate surface area is 142 Å². The molecule has 5 nitrogen and oxygen atoms in total. The number of aromatic hydroxyl groups is 1. The summed E-state index contributed by atoms with van der Waals surface area (Å²) < 4.78 is 32.3. The van der Waals surface area contributed by atoms with Crippen molar-refractivity contribution in [1.29, 1.82) is 0 Å². The van der Waals surface area contributed by atoms with Gasteiger partial charge < -0.3 is 9.84 Å². The molecule has 0 saturated carbocycles. The van der Waals surface area contributed by atoms with Gasteiger partial charge in [0.2, 0.25) is 0 Å². The van der Waals surface area contributed by atoms with E-state index in [1.807, 2.05) is 0 Å². The minimum Gasteiger partial charge on any atom is -0.506 e. The largest absolute Gasteiger partial charge is 0.506 e. The minimum atomic E-state index is -1.02. The van der Waals surface area contributed by atoms with Gasteiger partial charge in [0.05, 0.1) is 18.0 Å². The normalized spacial score (nSPS) is 11.6. The van der Waals surface area contributed by atoms with E-state index in [0.29, 0.717) is 5.57 Å². The van der Waals surface area contributed by atoms with Gasteiger partial charge >= 0.3 is 5.97 Å². The summed E-state index contributed by atoms with van der Waals surface area (Å²) in [6, 6.07) is 2.40. The highest BCUT2D eigenvalue weighted by Crippen LogP contribution is 2.28. The van der Waals surface area contributed by atoms with Crippen molar-refractivity contribution < 1.29 is 23.4 Å². The Morgan fingerprint density at radius 3 is 2.72 bits per heavy atom. The summed E-state index contributed by atoms with van der Waals surface area (Å²) in [7, 11) is 0. The monoisotopic (exact) mass is 349 g/mol. The SMILES string of the molecule is C=C(/C=C(\C)F)Cc1c(O)c(C(=O)OCC)c(=O)n2cc(F)ccc12. The van der Waals surface area contributed by atoms with Gasteiger partial charge in [0.25, 0.3) is 5.56 Å². The second kappa shape index (κ2) is 7.29. The van der Waals surface area contributed by atoms with Gasteiger partial charge in [-0.25, -0.2) is 13.6 Å². The lowest BCUT2D eigenvalue weighted by Crippen LogP contribution is -2.25. The van der Waals surface area contributed by atoms with Crippen LogP contribution in [0.2, 0.25) is 0 Å². The van der Waals surface area contributed by atoms with E-state index in [4.69, 9.17) is 4.74 Å². The van der Waals surface area contributed by atoms with Gasteiger partial charge in [-0.3, -0.25) is 9.20 Å². The summed E-state index contributed by atoms with van der Waals surface area (Å²) in [6.45, 7) is 6.46. The van der Waals surface area contributed by atoms with Crippen LogP contribution in [-0.4, -0.2) is 22.1 Å². The predicted molar refractivity (Wildman–Crippen MR) is 89.0 cm³/mol. The van der Waals surface area contributed by atoms with E-state index >= 15 is 0 Å². The minimum absolute atomic E-state index is 0.00457. The average Bonchev–Trinajstić information content (AvgIpc) is 2.51. The fourth-order valence-corrected chi connectivity index (χ4v) is 2.50. The number of rotatable bonds is 5. The second-order valence-electron chi connectivity index (χ2n) is 5.40. The van der Waals surface area contributed by atoms with E-state index in [-0.39, 0.29) is 24.1 Å².